The minimum absolute atomic E-state index is 0.0585. The Morgan fingerprint density at radius 3 is 2.86 bits per heavy atom. The molecular formula is C29H36N4O2. The van der Waals surface area contributed by atoms with Gasteiger partial charge in [0.05, 0.1) is 12.9 Å². The number of hydrogen-bond donors (Lipinski definition) is 1. The van der Waals surface area contributed by atoms with Crippen molar-refractivity contribution >= 4 is 5.91 Å². The van der Waals surface area contributed by atoms with Crippen molar-refractivity contribution in [3.05, 3.63) is 83.4 Å². The first-order valence-corrected chi connectivity index (χ1v) is 13.0. The van der Waals surface area contributed by atoms with Crippen LogP contribution in [-0.2, 0) is 19.5 Å². The molecule has 3 aromatic rings. The van der Waals surface area contributed by atoms with Gasteiger partial charge < -0.3 is 14.6 Å². The van der Waals surface area contributed by atoms with Crippen LogP contribution in [0, 0.1) is 5.92 Å². The third-order valence-corrected chi connectivity index (χ3v) is 6.92. The minimum atomic E-state index is -0.0585. The zero-order valence-corrected chi connectivity index (χ0v) is 20.5. The molecule has 35 heavy (non-hydrogen) atoms. The van der Waals surface area contributed by atoms with Gasteiger partial charge in [0, 0.05) is 50.6 Å². The van der Waals surface area contributed by atoms with Crippen molar-refractivity contribution in [1.82, 2.24) is 19.8 Å². The molecule has 5 rings (SSSR count). The van der Waals surface area contributed by atoms with Crippen LogP contribution >= 0.6 is 0 Å². The molecule has 2 bridgehead atoms. The van der Waals surface area contributed by atoms with Crippen LogP contribution in [0.4, 0.5) is 0 Å². The number of nitrogens with one attached hydrogen (secondary N) is 1. The summed E-state index contributed by atoms with van der Waals surface area (Å²) in [6.45, 7) is 5.38. The maximum Gasteiger partial charge on any atom is 0.251 e. The van der Waals surface area contributed by atoms with Crippen LogP contribution in [0.5, 0.6) is 5.75 Å². The molecular weight excluding hydrogens is 436 g/mol. The number of carbonyl (C=O) groups is 1. The lowest BCUT2D eigenvalue weighted by molar-refractivity contribution is 0.0952. The largest absolute Gasteiger partial charge is 0.493 e. The van der Waals surface area contributed by atoms with Crippen LogP contribution < -0.4 is 10.1 Å². The van der Waals surface area contributed by atoms with E-state index in [1.165, 1.54) is 43.4 Å². The van der Waals surface area contributed by atoms with Crippen LogP contribution in [-0.4, -0.2) is 46.6 Å². The van der Waals surface area contributed by atoms with Gasteiger partial charge in [0.25, 0.3) is 5.91 Å². The van der Waals surface area contributed by atoms with Crippen molar-refractivity contribution in [2.45, 2.75) is 51.6 Å². The van der Waals surface area contributed by atoms with E-state index in [9.17, 15) is 4.79 Å². The third-order valence-electron chi connectivity index (χ3n) is 6.92. The summed E-state index contributed by atoms with van der Waals surface area (Å²) >= 11 is 0. The second kappa shape index (κ2) is 11.5. The number of rotatable bonds is 6. The summed E-state index contributed by atoms with van der Waals surface area (Å²) in [5.41, 5.74) is 4.37. The average Bonchev–Trinajstić information content (AvgIpc) is 3.52. The van der Waals surface area contributed by atoms with Crippen molar-refractivity contribution in [2.75, 3.05) is 26.2 Å². The first-order valence-electron chi connectivity index (χ1n) is 13.0. The van der Waals surface area contributed by atoms with Gasteiger partial charge in [0.15, 0.2) is 0 Å². The van der Waals surface area contributed by atoms with Gasteiger partial charge in [-0.2, -0.15) is 0 Å². The van der Waals surface area contributed by atoms with E-state index in [0.29, 0.717) is 25.3 Å². The number of imidazole rings is 1. The number of ether oxygens (including phenoxy) is 1. The molecule has 184 valence electrons. The maximum absolute atomic E-state index is 12.8. The van der Waals surface area contributed by atoms with Crippen molar-refractivity contribution in [3.8, 4) is 5.75 Å². The first kappa shape index (κ1) is 23.6. The molecule has 0 radical (unpaired) electrons. The molecule has 1 aliphatic heterocycles. The summed E-state index contributed by atoms with van der Waals surface area (Å²) in [6, 6.07) is 14.8. The predicted molar refractivity (Wildman–Crippen MR) is 138 cm³/mol. The number of hydrogen-bond acceptors (Lipinski definition) is 4. The molecule has 6 heteroatoms. The zero-order valence-electron chi connectivity index (χ0n) is 20.5. The Morgan fingerprint density at radius 1 is 1.09 bits per heavy atom. The highest BCUT2D eigenvalue weighted by Gasteiger charge is 2.24. The van der Waals surface area contributed by atoms with Gasteiger partial charge in [-0.05, 0) is 79.5 Å². The van der Waals surface area contributed by atoms with Crippen molar-refractivity contribution in [1.29, 1.82) is 0 Å². The van der Waals surface area contributed by atoms with E-state index < -0.39 is 0 Å². The van der Waals surface area contributed by atoms with E-state index in [1.807, 2.05) is 29.0 Å². The Hall–Kier alpha value is -3.12. The zero-order chi connectivity index (χ0) is 23.9. The molecule has 1 N–H and O–H groups in total. The number of amides is 1. The van der Waals surface area contributed by atoms with E-state index in [-0.39, 0.29) is 5.91 Å². The molecule has 6 nitrogen and oxygen atoms in total. The first-order chi connectivity index (χ1) is 17.2. The molecule has 0 spiro atoms. The second-order valence-corrected chi connectivity index (χ2v) is 9.96. The summed E-state index contributed by atoms with van der Waals surface area (Å²) in [5.74, 6) is 1.73. The summed E-state index contributed by atoms with van der Waals surface area (Å²) in [5, 5.41) is 3.03. The molecule has 1 aliphatic carbocycles. The van der Waals surface area contributed by atoms with Crippen LogP contribution in [0.25, 0.3) is 0 Å². The third kappa shape index (κ3) is 6.95. The molecule has 0 unspecified atom stereocenters. The summed E-state index contributed by atoms with van der Waals surface area (Å²) < 4.78 is 8.17. The summed E-state index contributed by atoms with van der Waals surface area (Å²) in [6.07, 6.45) is 12.4. The number of nitrogens with zero attached hydrogens (tertiary/aromatic N) is 3. The van der Waals surface area contributed by atoms with Gasteiger partial charge in [0.1, 0.15) is 5.75 Å². The molecule has 0 atom stereocenters. The van der Waals surface area contributed by atoms with Crippen LogP contribution in [0.3, 0.4) is 0 Å². The highest BCUT2D eigenvalue weighted by molar-refractivity contribution is 5.94. The molecule has 2 aromatic carbocycles. The molecule has 2 aliphatic rings. The van der Waals surface area contributed by atoms with Gasteiger partial charge >= 0.3 is 0 Å². The highest BCUT2D eigenvalue weighted by Crippen LogP contribution is 2.31. The average molecular weight is 473 g/mol. The molecule has 0 saturated heterocycles. The van der Waals surface area contributed by atoms with Crippen LogP contribution in [0.1, 0.15) is 59.2 Å². The van der Waals surface area contributed by atoms with Crippen LogP contribution in [0.2, 0.25) is 0 Å². The quantitative estimate of drug-likeness (QED) is 0.566. The van der Waals surface area contributed by atoms with E-state index in [1.54, 1.807) is 12.5 Å². The standard InChI is InChI=1S/C29H36N4O2/c34-29(31-12-15-32-14-11-30-22-32)26-9-10-28-27(19-26)18-24-5-4-6-25(17-24)21-33(20-23-7-8-23)13-2-1-3-16-35-28/h4-6,9-11,14,17,19,22-23H,1-3,7-8,12-13,15-16,18,20-21H2,(H,31,34). The normalized spacial score (nSPS) is 17.1. The SMILES string of the molecule is O=C(NCCn1ccnc1)c1ccc2c(c1)Cc1cccc(c1)CN(CC1CC1)CCCCCO2. The molecule has 2 heterocycles. The summed E-state index contributed by atoms with van der Waals surface area (Å²) in [7, 11) is 0. The molecule has 1 saturated carbocycles. The lowest BCUT2D eigenvalue weighted by atomic mass is 9.99. The maximum atomic E-state index is 12.8. The smallest absolute Gasteiger partial charge is 0.251 e. The monoisotopic (exact) mass is 472 g/mol. The van der Waals surface area contributed by atoms with E-state index >= 15 is 0 Å². The molecule has 1 fully saturated rings. The lowest BCUT2D eigenvalue weighted by Gasteiger charge is -2.23. The Kier molecular flexibility index (Phi) is 7.79. The fraction of sp³-hybridized carbons (Fsp3) is 0.448. The van der Waals surface area contributed by atoms with E-state index in [4.69, 9.17) is 4.74 Å². The Labute approximate surface area is 208 Å². The predicted octanol–water partition coefficient (Wildman–Crippen LogP) is 4.68. The Bertz CT molecular complexity index is 1110. The fourth-order valence-electron chi connectivity index (χ4n) is 4.83. The van der Waals surface area contributed by atoms with Crippen molar-refractivity contribution in [2.24, 2.45) is 5.92 Å². The van der Waals surface area contributed by atoms with Crippen LogP contribution in [0.15, 0.2) is 61.2 Å². The number of carbonyl (C=O) groups excluding carboxylic acids is 1. The fourth-order valence-corrected chi connectivity index (χ4v) is 4.83. The Morgan fingerprint density at radius 2 is 2.00 bits per heavy atom. The van der Waals surface area contributed by atoms with Gasteiger partial charge in [-0.1, -0.05) is 24.3 Å². The van der Waals surface area contributed by atoms with E-state index in [0.717, 1.165) is 43.2 Å². The molecule has 1 amide bonds. The van der Waals surface area contributed by atoms with Gasteiger partial charge in [0.2, 0.25) is 0 Å². The van der Waals surface area contributed by atoms with Gasteiger partial charge in [-0.25, -0.2) is 4.98 Å². The minimum Gasteiger partial charge on any atom is -0.493 e. The molecule has 1 aromatic heterocycles. The summed E-state index contributed by atoms with van der Waals surface area (Å²) in [4.78, 5) is 19.5. The van der Waals surface area contributed by atoms with Crippen molar-refractivity contribution in [3.63, 3.8) is 0 Å². The Balaban J connectivity index is 1.31. The van der Waals surface area contributed by atoms with E-state index in [2.05, 4.69) is 39.5 Å². The lowest BCUT2D eigenvalue weighted by Crippen LogP contribution is -2.27. The highest BCUT2D eigenvalue weighted by atomic mass is 16.5. The number of fused-ring (bicyclic) bond motifs is 3. The van der Waals surface area contributed by atoms with Gasteiger partial charge in [-0.3, -0.25) is 9.69 Å². The van der Waals surface area contributed by atoms with Crippen molar-refractivity contribution < 1.29 is 9.53 Å². The number of aromatic nitrogens is 2. The topological polar surface area (TPSA) is 59.4 Å². The number of benzene rings is 2. The van der Waals surface area contributed by atoms with Gasteiger partial charge in [-0.15, -0.1) is 0 Å². The second-order valence-electron chi connectivity index (χ2n) is 9.96.